The van der Waals surface area contributed by atoms with Crippen LogP contribution in [0.3, 0.4) is 0 Å². The minimum atomic E-state index is 0.123. The van der Waals surface area contributed by atoms with Gasteiger partial charge in [0.15, 0.2) is 5.82 Å². The van der Waals surface area contributed by atoms with Gasteiger partial charge in [-0.2, -0.15) is 15.0 Å². The first kappa shape index (κ1) is 9.85. The Morgan fingerprint density at radius 1 is 1.00 bits per heavy atom. The summed E-state index contributed by atoms with van der Waals surface area (Å²) in [6.07, 6.45) is 0. The zero-order chi connectivity index (χ0) is 10.8. The molecule has 5 nitrogen and oxygen atoms in total. The van der Waals surface area contributed by atoms with Crippen LogP contribution in [0.5, 0.6) is 0 Å². The Labute approximate surface area is 94.7 Å². The van der Waals surface area contributed by atoms with Gasteiger partial charge in [-0.3, -0.25) is 0 Å². The highest BCUT2D eigenvalue weighted by atomic mass is 79.9. The Balaban J connectivity index is 2.54. The second-order valence-corrected chi connectivity index (χ2v) is 3.80. The fraction of sp³-hybridized carbons (Fsp3) is 0. The molecule has 0 aliphatic carbocycles. The Morgan fingerprint density at radius 2 is 1.67 bits per heavy atom. The molecular weight excluding hydrogens is 258 g/mol. The molecule has 76 valence electrons. The molecule has 15 heavy (non-hydrogen) atoms. The second-order valence-electron chi connectivity index (χ2n) is 2.89. The molecule has 6 heteroatoms. The van der Waals surface area contributed by atoms with Gasteiger partial charge in [-0.1, -0.05) is 28.1 Å². The molecule has 0 bridgehead atoms. The third-order valence-corrected chi connectivity index (χ3v) is 2.25. The van der Waals surface area contributed by atoms with E-state index in [2.05, 4.69) is 30.9 Å². The van der Waals surface area contributed by atoms with Crippen LogP contribution >= 0.6 is 15.9 Å². The van der Waals surface area contributed by atoms with E-state index in [0.717, 1.165) is 10.0 Å². The predicted octanol–water partition coefficient (Wildman–Crippen LogP) is 1.47. The van der Waals surface area contributed by atoms with E-state index in [4.69, 9.17) is 11.5 Å². The summed E-state index contributed by atoms with van der Waals surface area (Å²) in [6, 6.07) is 7.56. The van der Waals surface area contributed by atoms with Gasteiger partial charge in [0.1, 0.15) is 0 Å². The molecule has 2 rings (SSSR count). The van der Waals surface area contributed by atoms with Gasteiger partial charge in [-0.15, -0.1) is 0 Å². The van der Waals surface area contributed by atoms with E-state index in [1.54, 1.807) is 0 Å². The molecule has 1 heterocycles. The van der Waals surface area contributed by atoms with Crippen molar-refractivity contribution in [2.75, 3.05) is 11.5 Å². The number of nitrogen functional groups attached to an aromatic ring is 2. The highest BCUT2D eigenvalue weighted by molar-refractivity contribution is 9.10. The number of anilines is 2. The standard InChI is InChI=1S/C9H8BrN5/c10-6-3-1-2-5(4-6)7-13-8(11)15-9(12)14-7/h1-4H,(H4,11,12,13,14,15). The van der Waals surface area contributed by atoms with Crippen molar-refractivity contribution >= 4 is 27.8 Å². The lowest BCUT2D eigenvalue weighted by Gasteiger charge is -2.02. The Hall–Kier alpha value is -1.69. The Kier molecular flexibility index (Phi) is 2.51. The first-order valence-electron chi connectivity index (χ1n) is 4.18. The van der Waals surface area contributed by atoms with Gasteiger partial charge < -0.3 is 11.5 Å². The van der Waals surface area contributed by atoms with Gasteiger partial charge in [-0.05, 0) is 12.1 Å². The van der Waals surface area contributed by atoms with Gasteiger partial charge >= 0.3 is 0 Å². The van der Waals surface area contributed by atoms with Crippen molar-refractivity contribution in [3.8, 4) is 11.4 Å². The Morgan fingerprint density at radius 3 is 2.27 bits per heavy atom. The molecule has 1 aromatic carbocycles. The molecular formula is C9H8BrN5. The third kappa shape index (κ3) is 2.21. The van der Waals surface area contributed by atoms with E-state index in [9.17, 15) is 0 Å². The van der Waals surface area contributed by atoms with Crippen molar-refractivity contribution in [2.45, 2.75) is 0 Å². The monoisotopic (exact) mass is 265 g/mol. The number of hydrogen-bond acceptors (Lipinski definition) is 5. The van der Waals surface area contributed by atoms with Crippen molar-refractivity contribution in [3.63, 3.8) is 0 Å². The van der Waals surface area contributed by atoms with Crippen LogP contribution in [-0.4, -0.2) is 15.0 Å². The first-order chi connectivity index (χ1) is 7.15. The quantitative estimate of drug-likeness (QED) is 0.815. The molecule has 0 radical (unpaired) electrons. The highest BCUT2D eigenvalue weighted by Gasteiger charge is 2.04. The molecule has 0 atom stereocenters. The van der Waals surface area contributed by atoms with E-state index < -0.39 is 0 Å². The summed E-state index contributed by atoms with van der Waals surface area (Å²) in [5.74, 6) is 0.719. The Bertz CT molecular complexity index is 479. The summed E-state index contributed by atoms with van der Waals surface area (Å²) in [5, 5.41) is 0. The van der Waals surface area contributed by atoms with Crippen LogP contribution in [0.15, 0.2) is 28.7 Å². The summed E-state index contributed by atoms with van der Waals surface area (Å²) in [5.41, 5.74) is 11.8. The summed E-state index contributed by atoms with van der Waals surface area (Å²) in [6.45, 7) is 0. The lowest BCUT2D eigenvalue weighted by Crippen LogP contribution is -2.04. The molecule has 0 aliphatic rings. The molecule has 0 saturated heterocycles. The van der Waals surface area contributed by atoms with Crippen molar-refractivity contribution < 1.29 is 0 Å². The number of nitrogens with zero attached hydrogens (tertiary/aromatic N) is 3. The SMILES string of the molecule is Nc1nc(N)nc(-c2cccc(Br)c2)n1. The van der Waals surface area contributed by atoms with Crippen molar-refractivity contribution in [1.82, 2.24) is 15.0 Å². The average Bonchev–Trinajstić information content (AvgIpc) is 2.16. The number of benzene rings is 1. The average molecular weight is 266 g/mol. The van der Waals surface area contributed by atoms with Crippen LogP contribution in [0.2, 0.25) is 0 Å². The lowest BCUT2D eigenvalue weighted by atomic mass is 10.2. The molecule has 0 aliphatic heterocycles. The second kappa shape index (κ2) is 3.82. The minimum Gasteiger partial charge on any atom is -0.368 e. The van der Waals surface area contributed by atoms with E-state index >= 15 is 0 Å². The molecule has 0 amide bonds. The number of nitrogens with two attached hydrogens (primary N) is 2. The van der Waals surface area contributed by atoms with Crippen LogP contribution in [-0.2, 0) is 0 Å². The van der Waals surface area contributed by atoms with Gasteiger partial charge in [0.2, 0.25) is 11.9 Å². The number of hydrogen-bond donors (Lipinski definition) is 2. The maximum Gasteiger partial charge on any atom is 0.225 e. The fourth-order valence-electron chi connectivity index (χ4n) is 1.17. The van der Waals surface area contributed by atoms with Gasteiger partial charge in [0.25, 0.3) is 0 Å². The van der Waals surface area contributed by atoms with Crippen molar-refractivity contribution in [2.24, 2.45) is 0 Å². The van der Waals surface area contributed by atoms with Crippen molar-refractivity contribution in [3.05, 3.63) is 28.7 Å². The highest BCUT2D eigenvalue weighted by Crippen LogP contribution is 2.20. The maximum atomic E-state index is 5.48. The smallest absolute Gasteiger partial charge is 0.225 e. The van der Waals surface area contributed by atoms with E-state index in [1.165, 1.54) is 0 Å². The summed E-state index contributed by atoms with van der Waals surface area (Å²) < 4.78 is 0.942. The molecule has 0 saturated carbocycles. The van der Waals surface area contributed by atoms with Gasteiger partial charge in [0, 0.05) is 10.0 Å². The van der Waals surface area contributed by atoms with Gasteiger partial charge in [0.05, 0.1) is 0 Å². The predicted molar refractivity (Wildman–Crippen MR) is 61.8 cm³/mol. The zero-order valence-electron chi connectivity index (χ0n) is 7.68. The third-order valence-electron chi connectivity index (χ3n) is 1.75. The largest absolute Gasteiger partial charge is 0.368 e. The fourth-order valence-corrected chi connectivity index (χ4v) is 1.57. The van der Waals surface area contributed by atoms with Crippen LogP contribution in [0, 0.1) is 0 Å². The van der Waals surface area contributed by atoms with Crippen molar-refractivity contribution in [1.29, 1.82) is 0 Å². The minimum absolute atomic E-state index is 0.123. The van der Waals surface area contributed by atoms with Crippen LogP contribution in [0.4, 0.5) is 11.9 Å². The van der Waals surface area contributed by atoms with E-state index in [1.807, 2.05) is 24.3 Å². The first-order valence-corrected chi connectivity index (χ1v) is 4.97. The summed E-state index contributed by atoms with van der Waals surface area (Å²) in [7, 11) is 0. The number of aromatic nitrogens is 3. The molecule has 4 N–H and O–H groups in total. The zero-order valence-corrected chi connectivity index (χ0v) is 9.27. The summed E-state index contributed by atoms with van der Waals surface area (Å²) >= 11 is 3.36. The van der Waals surface area contributed by atoms with Crippen LogP contribution in [0.25, 0.3) is 11.4 Å². The maximum absolute atomic E-state index is 5.48. The molecule has 2 aromatic rings. The number of halogens is 1. The number of rotatable bonds is 1. The molecule has 1 aromatic heterocycles. The molecule has 0 unspecified atom stereocenters. The molecule has 0 spiro atoms. The van der Waals surface area contributed by atoms with Crippen LogP contribution < -0.4 is 11.5 Å². The lowest BCUT2D eigenvalue weighted by molar-refractivity contribution is 1.09. The van der Waals surface area contributed by atoms with E-state index in [-0.39, 0.29) is 11.9 Å². The topological polar surface area (TPSA) is 90.7 Å². The normalized spacial score (nSPS) is 10.2. The van der Waals surface area contributed by atoms with Crippen LogP contribution in [0.1, 0.15) is 0 Å². The molecule has 0 fully saturated rings. The summed E-state index contributed by atoms with van der Waals surface area (Å²) in [4.78, 5) is 11.7. The van der Waals surface area contributed by atoms with E-state index in [0.29, 0.717) is 5.82 Å². The van der Waals surface area contributed by atoms with Gasteiger partial charge in [-0.25, -0.2) is 0 Å².